The average Bonchev–Trinajstić information content (AvgIpc) is 3.76. The van der Waals surface area contributed by atoms with E-state index in [0.717, 1.165) is 45.1 Å². The van der Waals surface area contributed by atoms with Crippen LogP contribution in [-0.4, -0.2) is 9.13 Å². The van der Waals surface area contributed by atoms with Crippen molar-refractivity contribution in [3.63, 3.8) is 0 Å². The quantitative estimate of drug-likeness (QED) is 0.122. The van der Waals surface area contributed by atoms with Gasteiger partial charge in [-0.15, -0.1) is 0 Å². The molecule has 0 bridgehead atoms. The van der Waals surface area contributed by atoms with Gasteiger partial charge in [0.15, 0.2) is 0 Å². The summed E-state index contributed by atoms with van der Waals surface area (Å²) in [6.07, 6.45) is 3.75. The van der Waals surface area contributed by atoms with Crippen LogP contribution in [0.4, 0.5) is 0 Å². The van der Waals surface area contributed by atoms with Crippen LogP contribution < -0.4 is 9.30 Å². The predicted octanol–water partition coefficient (Wildman–Crippen LogP) is 14.2. The van der Waals surface area contributed by atoms with E-state index in [0.29, 0.717) is 0 Å². The van der Waals surface area contributed by atoms with Gasteiger partial charge in [-0.05, 0) is 105 Å². The normalized spacial score (nSPS) is 12.5. The molecule has 9 rings (SSSR count). The summed E-state index contributed by atoms with van der Waals surface area (Å²) in [5, 5.41) is 2.45. The summed E-state index contributed by atoms with van der Waals surface area (Å²) >= 11 is 0. The van der Waals surface area contributed by atoms with Crippen LogP contribution in [0, 0.1) is 6.33 Å². The number of nitrogens with zero attached hydrogens (tertiary/aromatic N) is 3. The fourth-order valence-corrected chi connectivity index (χ4v) is 8.22. The van der Waals surface area contributed by atoms with Crippen molar-refractivity contribution in [2.75, 3.05) is 0 Å². The summed E-state index contributed by atoms with van der Waals surface area (Å²) in [6.45, 7) is 20.4. The number of ether oxygens (including phenoxy) is 1. The lowest BCUT2D eigenvalue weighted by atomic mass is 9.85. The summed E-state index contributed by atoms with van der Waals surface area (Å²) in [7, 11) is 0. The first-order valence-corrected chi connectivity index (χ1v) is 20.8. The summed E-state index contributed by atoms with van der Waals surface area (Å²) in [5.74, 6) is 1.54. The van der Waals surface area contributed by atoms with Crippen molar-refractivity contribution in [1.29, 1.82) is 0 Å². The van der Waals surface area contributed by atoms with Crippen molar-refractivity contribution in [3.05, 3.63) is 181 Å². The minimum Gasteiger partial charge on any atom is -0.458 e. The second-order valence-electron chi connectivity index (χ2n) is 19.0. The van der Waals surface area contributed by atoms with E-state index in [4.69, 9.17) is 4.74 Å². The zero-order valence-corrected chi connectivity index (χ0v) is 35.8. The minimum absolute atomic E-state index is 0.0130. The largest absolute Gasteiger partial charge is 0.458 e. The molecule has 9 aromatic rings. The summed E-state index contributed by atoms with van der Waals surface area (Å²) in [4.78, 5) is 0. The van der Waals surface area contributed by atoms with Gasteiger partial charge in [0.25, 0.3) is 6.33 Å². The van der Waals surface area contributed by atoms with Gasteiger partial charge in [0, 0.05) is 22.5 Å². The molecule has 0 aliphatic heterocycles. The molecule has 0 saturated carbocycles. The molecule has 2 heterocycles. The van der Waals surface area contributed by atoms with Crippen LogP contribution >= 0.6 is 0 Å². The lowest BCUT2D eigenvalue weighted by molar-refractivity contribution is -0.571. The number of para-hydroxylation sites is 2. The fourth-order valence-electron chi connectivity index (χ4n) is 8.22. The van der Waals surface area contributed by atoms with Gasteiger partial charge in [0.2, 0.25) is 0 Å². The molecule has 0 aliphatic carbocycles. The Morgan fingerprint density at radius 3 is 1.86 bits per heavy atom. The van der Waals surface area contributed by atoms with Gasteiger partial charge >= 0.3 is 0 Å². The molecule has 7 aromatic carbocycles. The Morgan fingerprint density at radius 1 is 0.458 bits per heavy atom. The van der Waals surface area contributed by atoms with Crippen molar-refractivity contribution < 1.29 is 9.30 Å². The number of aromatic nitrogens is 3. The van der Waals surface area contributed by atoms with Crippen LogP contribution in [0.15, 0.2) is 158 Å². The van der Waals surface area contributed by atoms with Crippen molar-refractivity contribution in [2.45, 2.75) is 78.6 Å². The average molecular weight is 772 g/mol. The maximum Gasteiger partial charge on any atom is 0.269 e. The molecular weight excluding hydrogens is 719 g/mol. The number of hydrogen-bond donors (Lipinski definition) is 0. The molecule has 4 nitrogen and oxygen atoms in total. The van der Waals surface area contributed by atoms with E-state index in [1.807, 2.05) is 6.07 Å². The molecule has 2 aromatic heterocycles. The molecule has 59 heavy (non-hydrogen) atoms. The van der Waals surface area contributed by atoms with Crippen molar-refractivity contribution in [3.8, 4) is 39.7 Å². The van der Waals surface area contributed by atoms with E-state index >= 15 is 0 Å². The second-order valence-corrected chi connectivity index (χ2v) is 19.0. The van der Waals surface area contributed by atoms with Crippen molar-refractivity contribution >= 4 is 32.8 Å². The van der Waals surface area contributed by atoms with E-state index in [9.17, 15) is 0 Å². The molecule has 0 radical (unpaired) electrons. The van der Waals surface area contributed by atoms with Crippen LogP contribution in [0.25, 0.3) is 61.0 Å². The molecule has 0 atom stereocenters. The number of rotatable bonds is 6. The highest BCUT2D eigenvalue weighted by Gasteiger charge is 2.22. The lowest BCUT2D eigenvalue weighted by Crippen LogP contribution is -2.30. The Labute approximate surface area is 349 Å². The smallest absolute Gasteiger partial charge is 0.269 e. The molecule has 0 unspecified atom stereocenters. The number of hydrogen-bond acceptors (Lipinski definition) is 1. The summed E-state index contributed by atoms with van der Waals surface area (Å²) < 4.78 is 13.5. The van der Waals surface area contributed by atoms with E-state index < -0.39 is 0 Å². The first-order valence-electron chi connectivity index (χ1n) is 20.8. The van der Waals surface area contributed by atoms with E-state index in [1.54, 1.807) is 0 Å². The van der Waals surface area contributed by atoms with Crippen LogP contribution in [0.1, 0.15) is 79.0 Å². The number of fused-ring (bicyclic) bond motifs is 4. The van der Waals surface area contributed by atoms with Gasteiger partial charge in [-0.1, -0.05) is 153 Å². The van der Waals surface area contributed by atoms with Crippen molar-refractivity contribution in [2.24, 2.45) is 0 Å². The third kappa shape index (κ3) is 7.12. The minimum atomic E-state index is 0.0130. The molecule has 0 aliphatic rings. The Hall–Kier alpha value is -6.39. The zero-order valence-electron chi connectivity index (χ0n) is 35.8. The van der Waals surface area contributed by atoms with Gasteiger partial charge in [0.1, 0.15) is 11.5 Å². The van der Waals surface area contributed by atoms with Gasteiger partial charge in [0.05, 0.1) is 33.4 Å². The lowest BCUT2D eigenvalue weighted by Gasteiger charge is -2.22. The van der Waals surface area contributed by atoms with E-state index in [1.165, 1.54) is 44.1 Å². The Balaban J connectivity index is 1.14. The van der Waals surface area contributed by atoms with Crippen LogP contribution in [0.5, 0.6) is 11.5 Å². The first kappa shape index (κ1) is 38.1. The maximum atomic E-state index is 6.77. The van der Waals surface area contributed by atoms with Crippen molar-refractivity contribution in [1.82, 2.24) is 9.13 Å². The maximum absolute atomic E-state index is 6.77. The van der Waals surface area contributed by atoms with E-state index in [2.05, 4.69) is 234 Å². The first-order chi connectivity index (χ1) is 28.1. The molecule has 0 saturated heterocycles. The predicted molar refractivity (Wildman–Crippen MR) is 246 cm³/mol. The molecule has 294 valence electrons. The molecule has 0 spiro atoms. The van der Waals surface area contributed by atoms with Crippen LogP contribution in [0.3, 0.4) is 0 Å². The molecule has 0 amide bonds. The molecule has 0 fully saturated rings. The Kier molecular flexibility index (Phi) is 9.16. The van der Waals surface area contributed by atoms with Gasteiger partial charge in [-0.25, -0.2) is 0 Å². The Morgan fingerprint density at radius 2 is 1.10 bits per heavy atom. The highest BCUT2D eigenvalue weighted by Crippen LogP contribution is 2.39. The third-order valence-corrected chi connectivity index (χ3v) is 11.6. The monoisotopic (exact) mass is 771 g/mol. The van der Waals surface area contributed by atoms with E-state index in [-0.39, 0.29) is 16.2 Å². The zero-order chi connectivity index (χ0) is 41.3. The molecular formula is C55H53N3O. The van der Waals surface area contributed by atoms with Crippen LogP contribution in [-0.2, 0) is 16.2 Å². The third-order valence-electron chi connectivity index (χ3n) is 11.6. The van der Waals surface area contributed by atoms with Gasteiger partial charge < -0.3 is 9.30 Å². The van der Waals surface area contributed by atoms with Crippen LogP contribution in [0.2, 0.25) is 0 Å². The molecule has 4 heteroatoms. The highest BCUT2D eigenvalue weighted by atomic mass is 16.5. The number of imidazole rings is 1. The standard InChI is InChI=1S/C55H53N3O/c1-53(2,3)38-19-15-21-42(31-38)58-49-30-26-40(55(7,8)9)33-47(49)45-28-27-44(35-52(45)58)59-43-22-16-20-41(34-43)56-36-57(51-24-14-13-23-50(51)56)48-29-25-39(54(4,5)6)32-46(48)37-17-11-10-12-18-37/h10-35H,1-9H3. The SMILES string of the molecule is CC(C)(C)c1cccc(-n2c3ccc(C(C)(C)C)cc3c3ccc(Oc4cccc(-n5[c-][n+](-c6ccc(C(C)(C)C)cc6-c6ccccc6)c6ccccc65)c4)cc32)c1. The molecule has 0 N–H and O–H groups in total. The number of benzene rings is 7. The van der Waals surface area contributed by atoms with Gasteiger partial charge in [-0.3, -0.25) is 9.13 Å². The fraction of sp³-hybridized carbons (Fsp3) is 0.218. The Bertz CT molecular complexity index is 3010. The summed E-state index contributed by atoms with van der Waals surface area (Å²) in [6, 6.07) is 56.8. The highest BCUT2D eigenvalue weighted by molar-refractivity contribution is 6.10. The summed E-state index contributed by atoms with van der Waals surface area (Å²) in [5.41, 5.74) is 14.0. The topological polar surface area (TPSA) is 23.0 Å². The second kappa shape index (κ2) is 14.2. The van der Waals surface area contributed by atoms with Gasteiger partial charge in [-0.2, -0.15) is 0 Å².